The predicted octanol–water partition coefficient (Wildman–Crippen LogP) is 4.49. The maximum absolute atomic E-state index is 6.41. The van der Waals surface area contributed by atoms with Gasteiger partial charge in [-0.1, -0.05) is 36.4 Å². The van der Waals surface area contributed by atoms with Gasteiger partial charge in [-0.3, -0.25) is 0 Å². The van der Waals surface area contributed by atoms with Gasteiger partial charge < -0.3 is 15.8 Å². The Morgan fingerprint density at radius 2 is 1.79 bits per heavy atom. The highest BCUT2D eigenvalue weighted by molar-refractivity contribution is 5.89. The van der Waals surface area contributed by atoms with Gasteiger partial charge in [0.1, 0.15) is 5.75 Å². The van der Waals surface area contributed by atoms with Crippen molar-refractivity contribution in [3.05, 3.63) is 54.1 Å². The number of ether oxygens (including phenoxy) is 1. The smallest absolute Gasteiger partial charge is 0.126 e. The first kappa shape index (κ1) is 16.6. The third-order valence-electron chi connectivity index (χ3n) is 4.58. The zero-order valence-electron chi connectivity index (χ0n) is 14.3. The molecule has 0 atom stereocenters. The molecule has 0 bridgehead atoms. The van der Waals surface area contributed by atoms with Crippen molar-refractivity contribution in [1.82, 2.24) is 5.32 Å². The first-order valence-electron chi connectivity index (χ1n) is 8.73. The van der Waals surface area contributed by atoms with Crippen molar-refractivity contribution in [2.45, 2.75) is 25.7 Å². The lowest BCUT2D eigenvalue weighted by atomic mass is 9.90. The van der Waals surface area contributed by atoms with Crippen molar-refractivity contribution in [2.75, 3.05) is 25.9 Å². The molecule has 3 rings (SSSR count). The summed E-state index contributed by atoms with van der Waals surface area (Å²) in [7, 11) is 1.72. The van der Waals surface area contributed by atoms with Crippen LogP contribution in [0.1, 0.15) is 31.2 Å². The number of nitrogens with one attached hydrogen (secondary N) is 1. The van der Waals surface area contributed by atoms with E-state index in [1.165, 1.54) is 18.4 Å². The number of allylic oxidation sites excluding steroid dienone is 1. The number of para-hydroxylation sites is 1. The Bertz CT molecular complexity index is 722. The fourth-order valence-corrected chi connectivity index (χ4v) is 3.37. The lowest BCUT2D eigenvalue weighted by molar-refractivity contribution is 0.416. The molecule has 0 saturated heterocycles. The van der Waals surface area contributed by atoms with Gasteiger partial charge in [0, 0.05) is 16.8 Å². The molecular weight excluding hydrogens is 296 g/mol. The summed E-state index contributed by atoms with van der Waals surface area (Å²) in [6, 6.07) is 14.3. The fraction of sp³-hybridized carbons (Fsp3) is 0.333. The molecule has 3 nitrogen and oxygen atoms in total. The van der Waals surface area contributed by atoms with Crippen LogP contribution in [-0.2, 0) is 0 Å². The molecule has 0 unspecified atom stereocenters. The monoisotopic (exact) mass is 322 g/mol. The van der Waals surface area contributed by atoms with Crippen molar-refractivity contribution in [3.8, 4) is 16.9 Å². The van der Waals surface area contributed by atoms with Gasteiger partial charge in [0.25, 0.3) is 0 Å². The van der Waals surface area contributed by atoms with E-state index in [0.29, 0.717) is 0 Å². The minimum atomic E-state index is 0.837. The normalized spacial score (nSPS) is 18.0. The highest BCUT2D eigenvalue weighted by atomic mass is 16.5. The number of benzene rings is 2. The Balaban J connectivity index is 2.10. The number of hydrogen-bond acceptors (Lipinski definition) is 3. The summed E-state index contributed by atoms with van der Waals surface area (Å²) < 4.78 is 5.57. The third kappa shape index (κ3) is 3.62. The molecule has 0 spiro atoms. The molecule has 1 aliphatic heterocycles. The summed E-state index contributed by atoms with van der Waals surface area (Å²) in [5.41, 5.74) is 12.0. The molecular formula is C21H26N2O. The molecule has 2 aromatic carbocycles. The van der Waals surface area contributed by atoms with E-state index in [2.05, 4.69) is 23.5 Å². The minimum Gasteiger partial charge on any atom is -0.496 e. The van der Waals surface area contributed by atoms with Crippen LogP contribution in [-0.4, -0.2) is 20.2 Å². The average molecular weight is 322 g/mol. The molecule has 3 N–H and O–H groups in total. The van der Waals surface area contributed by atoms with E-state index in [4.69, 9.17) is 10.5 Å². The lowest BCUT2D eigenvalue weighted by Crippen LogP contribution is -2.16. The van der Waals surface area contributed by atoms with Crippen LogP contribution in [0.15, 0.2) is 48.5 Å². The summed E-state index contributed by atoms with van der Waals surface area (Å²) >= 11 is 0. The van der Waals surface area contributed by atoms with Crippen LogP contribution in [0, 0.1) is 0 Å². The first-order chi connectivity index (χ1) is 11.8. The molecule has 1 aliphatic rings. The number of nitrogen functional groups attached to an aromatic ring is 1. The van der Waals surface area contributed by atoms with E-state index >= 15 is 0 Å². The number of anilines is 1. The van der Waals surface area contributed by atoms with Crippen LogP contribution in [0.3, 0.4) is 0 Å². The predicted molar refractivity (Wildman–Crippen MR) is 102 cm³/mol. The van der Waals surface area contributed by atoms with Gasteiger partial charge in [0.15, 0.2) is 0 Å². The van der Waals surface area contributed by atoms with Gasteiger partial charge in [-0.2, -0.15) is 0 Å². The zero-order valence-corrected chi connectivity index (χ0v) is 14.3. The summed E-state index contributed by atoms with van der Waals surface area (Å²) in [6.45, 7) is 2.09. The van der Waals surface area contributed by atoms with E-state index < -0.39 is 0 Å². The third-order valence-corrected chi connectivity index (χ3v) is 4.58. The largest absolute Gasteiger partial charge is 0.496 e. The maximum atomic E-state index is 6.41. The molecule has 0 aromatic heterocycles. The van der Waals surface area contributed by atoms with Crippen LogP contribution in [0.25, 0.3) is 16.7 Å². The Kier molecular flexibility index (Phi) is 5.55. The number of hydrogen-bond donors (Lipinski definition) is 2. The van der Waals surface area contributed by atoms with E-state index in [1.807, 2.05) is 30.3 Å². The van der Waals surface area contributed by atoms with E-state index in [0.717, 1.165) is 54.1 Å². The molecule has 0 aliphatic carbocycles. The number of methoxy groups -OCH3 is 1. The Labute approximate surface area is 144 Å². The molecule has 0 fully saturated rings. The van der Waals surface area contributed by atoms with E-state index in [9.17, 15) is 0 Å². The van der Waals surface area contributed by atoms with Gasteiger partial charge in [0.2, 0.25) is 0 Å². The van der Waals surface area contributed by atoms with E-state index in [-0.39, 0.29) is 0 Å². The zero-order chi connectivity index (χ0) is 16.8. The summed E-state index contributed by atoms with van der Waals surface area (Å²) in [6.07, 6.45) is 6.92. The van der Waals surface area contributed by atoms with Crippen molar-refractivity contribution in [1.29, 1.82) is 0 Å². The molecule has 24 heavy (non-hydrogen) atoms. The van der Waals surface area contributed by atoms with Gasteiger partial charge >= 0.3 is 0 Å². The molecule has 0 saturated carbocycles. The average Bonchev–Trinajstić information content (AvgIpc) is 2.75. The molecule has 1 heterocycles. The Hall–Kier alpha value is -2.26. The Morgan fingerprint density at radius 1 is 0.958 bits per heavy atom. The summed E-state index contributed by atoms with van der Waals surface area (Å²) in [5.74, 6) is 0.881. The highest BCUT2D eigenvalue weighted by Crippen LogP contribution is 2.39. The quantitative estimate of drug-likeness (QED) is 0.818. The molecule has 3 heteroatoms. The van der Waals surface area contributed by atoms with Crippen LogP contribution in [0.2, 0.25) is 0 Å². The summed E-state index contributed by atoms with van der Waals surface area (Å²) in [4.78, 5) is 0. The number of nitrogens with two attached hydrogens (primary N) is 1. The number of rotatable bonds is 3. The van der Waals surface area contributed by atoms with Gasteiger partial charge in [0.05, 0.1) is 7.11 Å². The SMILES string of the molecule is COc1ccccc1-c1cccc(N)c1/C1=C/CCCCNCC1. The lowest BCUT2D eigenvalue weighted by Gasteiger charge is -2.18. The molecule has 2 aromatic rings. The molecule has 0 amide bonds. The summed E-state index contributed by atoms with van der Waals surface area (Å²) in [5, 5.41) is 3.52. The molecule has 126 valence electrons. The second kappa shape index (κ2) is 8.02. The van der Waals surface area contributed by atoms with E-state index in [1.54, 1.807) is 7.11 Å². The van der Waals surface area contributed by atoms with Gasteiger partial charge in [-0.15, -0.1) is 0 Å². The standard InChI is InChI=1S/C21H26N2O/c1-24-20-12-5-4-9-17(20)18-10-7-11-19(22)21(18)16-8-3-2-6-14-23-15-13-16/h4-5,7-12,23H,2-3,6,13-15,22H2,1H3/b16-8+. The second-order valence-corrected chi connectivity index (χ2v) is 6.20. The highest BCUT2D eigenvalue weighted by Gasteiger charge is 2.16. The van der Waals surface area contributed by atoms with Crippen LogP contribution in [0.4, 0.5) is 5.69 Å². The van der Waals surface area contributed by atoms with Crippen molar-refractivity contribution < 1.29 is 4.74 Å². The van der Waals surface area contributed by atoms with Crippen LogP contribution in [0.5, 0.6) is 5.75 Å². The topological polar surface area (TPSA) is 47.3 Å². The van der Waals surface area contributed by atoms with Crippen LogP contribution >= 0.6 is 0 Å². The van der Waals surface area contributed by atoms with Crippen molar-refractivity contribution in [3.63, 3.8) is 0 Å². The van der Waals surface area contributed by atoms with Crippen molar-refractivity contribution in [2.24, 2.45) is 0 Å². The second-order valence-electron chi connectivity index (χ2n) is 6.20. The molecule has 0 radical (unpaired) electrons. The Morgan fingerprint density at radius 3 is 2.67 bits per heavy atom. The van der Waals surface area contributed by atoms with Gasteiger partial charge in [-0.05, 0) is 62.0 Å². The van der Waals surface area contributed by atoms with Crippen LogP contribution < -0.4 is 15.8 Å². The minimum absolute atomic E-state index is 0.837. The fourth-order valence-electron chi connectivity index (χ4n) is 3.37. The van der Waals surface area contributed by atoms with Crippen molar-refractivity contribution >= 4 is 11.3 Å². The maximum Gasteiger partial charge on any atom is 0.126 e. The first-order valence-corrected chi connectivity index (χ1v) is 8.73. The van der Waals surface area contributed by atoms with Gasteiger partial charge in [-0.25, -0.2) is 0 Å².